The van der Waals surface area contributed by atoms with Crippen molar-refractivity contribution in [2.45, 2.75) is 19.3 Å². The van der Waals surface area contributed by atoms with Crippen LogP contribution in [0.4, 0.5) is 0 Å². The van der Waals surface area contributed by atoms with Gasteiger partial charge >= 0.3 is 0 Å². The van der Waals surface area contributed by atoms with E-state index in [1.54, 1.807) is 19.5 Å². The van der Waals surface area contributed by atoms with Crippen LogP contribution in [0.25, 0.3) is 10.8 Å². The molecule has 0 saturated heterocycles. The number of hydrogen-bond acceptors (Lipinski definition) is 3. The number of Topliss-reactive ketones (excluding diaryl/α,β-unsaturated/α-hetero) is 1. The van der Waals surface area contributed by atoms with Crippen LogP contribution in [0.15, 0.2) is 60.9 Å². The number of hydrogen-bond donors (Lipinski definition) is 0. The van der Waals surface area contributed by atoms with Crippen LogP contribution in [0.3, 0.4) is 0 Å². The van der Waals surface area contributed by atoms with E-state index >= 15 is 0 Å². The van der Waals surface area contributed by atoms with Gasteiger partial charge in [0.25, 0.3) is 0 Å². The van der Waals surface area contributed by atoms with Crippen LogP contribution in [0.2, 0.25) is 0 Å². The van der Waals surface area contributed by atoms with Crippen molar-refractivity contribution in [3.63, 3.8) is 0 Å². The highest BCUT2D eigenvalue weighted by Gasteiger charge is 2.13. The molecule has 3 rings (SSSR count). The van der Waals surface area contributed by atoms with E-state index in [2.05, 4.69) is 11.9 Å². The molecule has 1 heterocycles. The number of ketones is 1. The fourth-order valence-electron chi connectivity index (χ4n) is 2.73. The third-order valence-corrected chi connectivity index (χ3v) is 4.14. The molecule has 0 amide bonds. The molecule has 3 heteroatoms. The van der Waals surface area contributed by atoms with Crippen LogP contribution in [-0.2, 0) is 0 Å². The van der Waals surface area contributed by atoms with Crippen molar-refractivity contribution in [3.8, 4) is 5.75 Å². The minimum absolute atomic E-state index is 0.159. The van der Waals surface area contributed by atoms with Gasteiger partial charge in [0.1, 0.15) is 5.75 Å². The molecule has 0 fully saturated rings. The molecule has 0 bridgehead atoms. The van der Waals surface area contributed by atoms with E-state index in [1.807, 2.05) is 48.5 Å². The van der Waals surface area contributed by atoms with Crippen molar-refractivity contribution in [1.82, 2.24) is 4.98 Å². The lowest BCUT2D eigenvalue weighted by molar-refractivity contribution is 0.0976. The van der Waals surface area contributed by atoms with E-state index < -0.39 is 0 Å². The van der Waals surface area contributed by atoms with Gasteiger partial charge in [-0.15, -0.1) is 0 Å². The lowest BCUT2D eigenvalue weighted by Gasteiger charge is -2.11. The Kier molecular flexibility index (Phi) is 4.38. The number of carbonyl (C=O) groups excluding carboxylic acids is 1. The predicted octanol–water partition coefficient (Wildman–Crippen LogP) is 4.62. The van der Waals surface area contributed by atoms with Gasteiger partial charge in [-0.05, 0) is 52.6 Å². The third-order valence-electron chi connectivity index (χ3n) is 4.14. The van der Waals surface area contributed by atoms with Crippen molar-refractivity contribution < 1.29 is 9.53 Å². The minimum atomic E-state index is 0.159. The molecular weight excluding hydrogens is 286 g/mol. The Morgan fingerprint density at radius 3 is 2.48 bits per heavy atom. The molecule has 1 unspecified atom stereocenters. The lowest BCUT2D eigenvalue weighted by atomic mass is 9.93. The molecule has 2 aromatic carbocycles. The average molecular weight is 305 g/mol. The molecule has 116 valence electrons. The van der Waals surface area contributed by atoms with E-state index in [9.17, 15) is 4.79 Å². The van der Waals surface area contributed by atoms with E-state index in [-0.39, 0.29) is 11.7 Å². The van der Waals surface area contributed by atoms with Gasteiger partial charge in [-0.2, -0.15) is 0 Å². The second-order valence-corrected chi connectivity index (χ2v) is 5.74. The summed E-state index contributed by atoms with van der Waals surface area (Å²) in [4.78, 5) is 16.6. The normalized spacial score (nSPS) is 12.1. The second-order valence-electron chi connectivity index (χ2n) is 5.74. The summed E-state index contributed by atoms with van der Waals surface area (Å²) in [6.45, 7) is 2.07. The summed E-state index contributed by atoms with van der Waals surface area (Å²) in [6.07, 6.45) is 4.02. The van der Waals surface area contributed by atoms with Crippen LogP contribution >= 0.6 is 0 Å². The Morgan fingerprint density at radius 2 is 1.74 bits per heavy atom. The molecule has 0 spiro atoms. The standard InChI is InChI=1S/C20H19NO2/c1-14(15-7-9-21-10-8-15)11-20(22)18-4-3-17-13-19(23-2)6-5-16(17)12-18/h3-10,12-14H,11H2,1-2H3. The number of methoxy groups -OCH3 is 1. The van der Waals surface area contributed by atoms with Gasteiger partial charge in [-0.3, -0.25) is 9.78 Å². The maximum Gasteiger partial charge on any atom is 0.163 e. The zero-order valence-corrected chi connectivity index (χ0v) is 13.3. The van der Waals surface area contributed by atoms with Crippen LogP contribution < -0.4 is 4.74 Å². The number of aromatic nitrogens is 1. The minimum Gasteiger partial charge on any atom is -0.497 e. The van der Waals surface area contributed by atoms with Crippen molar-refractivity contribution >= 4 is 16.6 Å². The van der Waals surface area contributed by atoms with E-state index in [0.29, 0.717) is 6.42 Å². The average Bonchev–Trinajstić information content (AvgIpc) is 2.61. The molecule has 0 radical (unpaired) electrons. The smallest absolute Gasteiger partial charge is 0.163 e. The number of fused-ring (bicyclic) bond motifs is 1. The van der Waals surface area contributed by atoms with Crippen LogP contribution in [0.5, 0.6) is 5.75 Å². The maximum absolute atomic E-state index is 12.6. The van der Waals surface area contributed by atoms with Gasteiger partial charge in [0.2, 0.25) is 0 Å². The molecule has 0 N–H and O–H groups in total. The van der Waals surface area contributed by atoms with Crippen molar-refractivity contribution in [1.29, 1.82) is 0 Å². The van der Waals surface area contributed by atoms with Crippen LogP contribution in [0, 0.1) is 0 Å². The number of nitrogens with zero attached hydrogens (tertiary/aromatic N) is 1. The van der Waals surface area contributed by atoms with E-state index in [4.69, 9.17) is 4.74 Å². The Bertz CT molecular complexity index is 827. The SMILES string of the molecule is COc1ccc2cc(C(=O)CC(C)c3ccncc3)ccc2c1. The van der Waals surface area contributed by atoms with E-state index in [0.717, 1.165) is 27.6 Å². The molecular formula is C20H19NO2. The third kappa shape index (κ3) is 3.39. The largest absolute Gasteiger partial charge is 0.497 e. The first-order chi connectivity index (χ1) is 11.2. The topological polar surface area (TPSA) is 39.2 Å². The zero-order valence-electron chi connectivity index (χ0n) is 13.3. The molecule has 3 aromatic rings. The summed E-state index contributed by atoms with van der Waals surface area (Å²) >= 11 is 0. The highest BCUT2D eigenvalue weighted by Crippen LogP contribution is 2.25. The van der Waals surface area contributed by atoms with Gasteiger partial charge < -0.3 is 4.74 Å². The zero-order chi connectivity index (χ0) is 16.2. The van der Waals surface area contributed by atoms with Gasteiger partial charge in [-0.1, -0.05) is 25.1 Å². The molecule has 0 aliphatic heterocycles. The summed E-state index contributed by atoms with van der Waals surface area (Å²) in [5.41, 5.74) is 1.89. The summed E-state index contributed by atoms with van der Waals surface area (Å²) in [7, 11) is 1.65. The Hall–Kier alpha value is -2.68. The fraction of sp³-hybridized carbons (Fsp3) is 0.200. The molecule has 3 nitrogen and oxygen atoms in total. The van der Waals surface area contributed by atoms with Gasteiger partial charge in [-0.25, -0.2) is 0 Å². The van der Waals surface area contributed by atoms with Crippen LogP contribution in [0.1, 0.15) is 35.2 Å². The van der Waals surface area contributed by atoms with Crippen LogP contribution in [-0.4, -0.2) is 17.9 Å². The Morgan fingerprint density at radius 1 is 1.04 bits per heavy atom. The second kappa shape index (κ2) is 6.61. The molecule has 23 heavy (non-hydrogen) atoms. The number of pyridine rings is 1. The van der Waals surface area contributed by atoms with Crippen molar-refractivity contribution in [2.24, 2.45) is 0 Å². The maximum atomic E-state index is 12.6. The Labute approximate surface area is 135 Å². The predicted molar refractivity (Wildman–Crippen MR) is 92.1 cm³/mol. The Balaban J connectivity index is 1.81. The number of carbonyl (C=O) groups is 1. The van der Waals surface area contributed by atoms with Crippen molar-refractivity contribution in [2.75, 3.05) is 7.11 Å². The summed E-state index contributed by atoms with van der Waals surface area (Å²) in [5.74, 6) is 1.16. The first-order valence-corrected chi connectivity index (χ1v) is 7.68. The summed E-state index contributed by atoms with van der Waals surface area (Å²) in [6, 6.07) is 15.6. The first kappa shape index (κ1) is 15.2. The summed E-state index contributed by atoms with van der Waals surface area (Å²) < 4.78 is 5.23. The first-order valence-electron chi connectivity index (χ1n) is 7.68. The molecule has 0 aliphatic rings. The quantitative estimate of drug-likeness (QED) is 0.646. The number of ether oxygens (including phenoxy) is 1. The van der Waals surface area contributed by atoms with E-state index in [1.165, 1.54) is 0 Å². The monoisotopic (exact) mass is 305 g/mol. The highest BCUT2D eigenvalue weighted by atomic mass is 16.5. The molecule has 0 saturated carbocycles. The number of benzene rings is 2. The van der Waals surface area contributed by atoms with Gasteiger partial charge in [0.15, 0.2) is 5.78 Å². The highest BCUT2D eigenvalue weighted by molar-refractivity contribution is 6.00. The fourth-order valence-corrected chi connectivity index (χ4v) is 2.73. The molecule has 1 atom stereocenters. The van der Waals surface area contributed by atoms with Gasteiger partial charge in [0, 0.05) is 24.4 Å². The lowest BCUT2D eigenvalue weighted by Crippen LogP contribution is -2.05. The van der Waals surface area contributed by atoms with Crippen molar-refractivity contribution in [3.05, 3.63) is 72.1 Å². The van der Waals surface area contributed by atoms with Gasteiger partial charge in [0.05, 0.1) is 7.11 Å². The molecule has 0 aliphatic carbocycles. The summed E-state index contributed by atoms with van der Waals surface area (Å²) in [5, 5.41) is 2.12. The molecule has 1 aromatic heterocycles. The number of rotatable bonds is 5.